The van der Waals surface area contributed by atoms with Crippen LogP contribution in [0.4, 0.5) is 0 Å². The minimum absolute atomic E-state index is 0.612. The van der Waals surface area contributed by atoms with Gasteiger partial charge in [0.2, 0.25) is 0 Å². The first-order chi connectivity index (χ1) is 7.90. The van der Waals surface area contributed by atoms with E-state index in [4.69, 9.17) is 9.15 Å². The van der Waals surface area contributed by atoms with Gasteiger partial charge in [-0.1, -0.05) is 24.3 Å². The third kappa shape index (κ3) is 1.31. The second kappa shape index (κ2) is 3.65. The van der Waals surface area contributed by atoms with Crippen LogP contribution >= 0.6 is 0 Å². The molecule has 0 bridgehead atoms. The molecule has 0 unspecified atom stereocenters. The van der Waals surface area contributed by atoms with Crippen LogP contribution < -0.4 is 0 Å². The molecule has 80 valence electrons. The van der Waals surface area contributed by atoms with Crippen LogP contribution in [0.25, 0.3) is 21.7 Å². The molecule has 0 N–H and O–H groups in total. The molecule has 16 heavy (non-hydrogen) atoms. The molecular weight excluding hydrogens is 200 g/mol. The molecule has 2 nitrogen and oxygen atoms in total. The zero-order valence-electron chi connectivity index (χ0n) is 9.07. The summed E-state index contributed by atoms with van der Waals surface area (Å²) in [6, 6.07) is 12.4. The molecule has 0 atom stereocenters. The van der Waals surface area contributed by atoms with Crippen LogP contribution in [-0.4, -0.2) is 7.11 Å². The fraction of sp³-hybridized carbons (Fsp3) is 0.143. The van der Waals surface area contributed by atoms with Gasteiger partial charge in [0.25, 0.3) is 0 Å². The van der Waals surface area contributed by atoms with Gasteiger partial charge in [0, 0.05) is 17.9 Å². The van der Waals surface area contributed by atoms with Crippen molar-refractivity contribution in [1.82, 2.24) is 0 Å². The number of ether oxygens (including phenoxy) is 1. The second-order valence-corrected chi connectivity index (χ2v) is 3.85. The molecule has 2 heteroatoms. The zero-order chi connectivity index (χ0) is 11.0. The van der Waals surface area contributed by atoms with E-state index in [0.717, 1.165) is 16.4 Å². The molecule has 0 fully saturated rings. The molecule has 1 aromatic heterocycles. The predicted octanol–water partition coefficient (Wildman–Crippen LogP) is 3.73. The van der Waals surface area contributed by atoms with Gasteiger partial charge in [0.05, 0.1) is 12.9 Å². The van der Waals surface area contributed by atoms with Crippen LogP contribution in [0.2, 0.25) is 0 Å². The quantitative estimate of drug-likeness (QED) is 0.645. The Morgan fingerprint density at radius 3 is 2.88 bits per heavy atom. The summed E-state index contributed by atoms with van der Waals surface area (Å²) in [4.78, 5) is 0. The molecule has 0 aliphatic heterocycles. The molecule has 3 aromatic rings. The Bertz CT molecular complexity index is 637. The van der Waals surface area contributed by atoms with Gasteiger partial charge in [0.15, 0.2) is 0 Å². The van der Waals surface area contributed by atoms with Crippen LogP contribution in [0.15, 0.2) is 47.1 Å². The maximum absolute atomic E-state index is 5.56. The Kier molecular flexibility index (Phi) is 2.15. The van der Waals surface area contributed by atoms with Gasteiger partial charge in [-0.2, -0.15) is 0 Å². The molecule has 0 spiro atoms. The first-order valence-corrected chi connectivity index (χ1v) is 5.27. The number of hydrogen-bond acceptors (Lipinski definition) is 2. The van der Waals surface area contributed by atoms with Crippen molar-refractivity contribution in [1.29, 1.82) is 0 Å². The molecule has 0 aliphatic carbocycles. The minimum atomic E-state index is 0.612. The van der Waals surface area contributed by atoms with E-state index in [1.54, 1.807) is 13.4 Å². The standard InChI is InChI=1S/C14H12O2/c1-15-9-11-8-10-4-2-3-5-12(10)14-13(11)6-7-16-14/h2-8H,9H2,1H3. The van der Waals surface area contributed by atoms with E-state index in [0.29, 0.717) is 6.61 Å². The van der Waals surface area contributed by atoms with Crippen LogP contribution in [0, 0.1) is 0 Å². The molecule has 0 aliphatic rings. The average Bonchev–Trinajstić information content (AvgIpc) is 2.79. The van der Waals surface area contributed by atoms with E-state index >= 15 is 0 Å². The van der Waals surface area contributed by atoms with Crippen molar-refractivity contribution in [3.05, 3.63) is 48.2 Å². The number of hydrogen-bond donors (Lipinski definition) is 0. The summed E-state index contributed by atoms with van der Waals surface area (Å²) in [6.07, 6.45) is 1.73. The van der Waals surface area contributed by atoms with Crippen molar-refractivity contribution < 1.29 is 9.15 Å². The van der Waals surface area contributed by atoms with Gasteiger partial charge in [0.1, 0.15) is 5.58 Å². The first-order valence-electron chi connectivity index (χ1n) is 5.27. The summed E-state index contributed by atoms with van der Waals surface area (Å²) >= 11 is 0. The van der Waals surface area contributed by atoms with Crippen molar-refractivity contribution in [2.75, 3.05) is 7.11 Å². The molecule has 2 aromatic carbocycles. The summed E-state index contributed by atoms with van der Waals surface area (Å²) in [6.45, 7) is 0.612. The average molecular weight is 212 g/mol. The molecule has 0 radical (unpaired) electrons. The highest BCUT2D eigenvalue weighted by Crippen LogP contribution is 2.29. The second-order valence-electron chi connectivity index (χ2n) is 3.85. The van der Waals surface area contributed by atoms with Gasteiger partial charge in [-0.15, -0.1) is 0 Å². The molecule has 0 saturated heterocycles. The number of benzene rings is 2. The first kappa shape index (κ1) is 9.43. The van der Waals surface area contributed by atoms with Crippen LogP contribution in [-0.2, 0) is 11.3 Å². The SMILES string of the molecule is COCc1cc2ccccc2c2occc12. The summed E-state index contributed by atoms with van der Waals surface area (Å²) in [5.74, 6) is 0. The van der Waals surface area contributed by atoms with E-state index in [1.807, 2.05) is 18.2 Å². The third-order valence-electron chi connectivity index (χ3n) is 2.85. The number of rotatable bonds is 2. The lowest BCUT2D eigenvalue weighted by Gasteiger charge is -2.05. The van der Waals surface area contributed by atoms with Crippen LogP contribution in [0.3, 0.4) is 0 Å². The van der Waals surface area contributed by atoms with Crippen molar-refractivity contribution >= 4 is 21.7 Å². The zero-order valence-corrected chi connectivity index (χ0v) is 9.07. The highest BCUT2D eigenvalue weighted by molar-refractivity contribution is 6.05. The van der Waals surface area contributed by atoms with Crippen molar-refractivity contribution in [2.24, 2.45) is 0 Å². The minimum Gasteiger partial charge on any atom is -0.464 e. The monoisotopic (exact) mass is 212 g/mol. The Morgan fingerprint density at radius 2 is 2.00 bits per heavy atom. The van der Waals surface area contributed by atoms with Crippen molar-refractivity contribution in [3.63, 3.8) is 0 Å². The maximum Gasteiger partial charge on any atom is 0.142 e. The number of methoxy groups -OCH3 is 1. The summed E-state index contributed by atoms with van der Waals surface area (Å²) in [5, 5.41) is 3.49. The van der Waals surface area contributed by atoms with Crippen LogP contribution in [0.5, 0.6) is 0 Å². The molecular formula is C14H12O2. The lowest BCUT2D eigenvalue weighted by atomic mass is 10.0. The van der Waals surface area contributed by atoms with Crippen LogP contribution in [0.1, 0.15) is 5.56 Å². The number of fused-ring (bicyclic) bond motifs is 3. The van der Waals surface area contributed by atoms with E-state index in [-0.39, 0.29) is 0 Å². The van der Waals surface area contributed by atoms with E-state index in [1.165, 1.54) is 10.9 Å². The molecule has 0 amide bonds. The normalized spacial score (nSPS) is 11.3. The summed E-state index contributed by atoms with van der Waals surface area (Å²) in [7, 11) is 1.71. The van der Waals surface area contributed by atoms with Gasteiger partial charge in [-0.25, -0.2) is 0 Å². The summed E-state index contributed by atoms with van der Waals surface area (Å²) in [5.41, 5.74) is 2.12. The Labute approximate surface area is 93.4 Å². The highest BCUT2D eigenvalue weighted by atomic mass is 16.5. The topological polar surface area (TPSA) is 22.4 Å². The summed E-state index contributed by atoms with van der Waals surface area (Å²) < 4.78 is 10.8. The van der Waals surface area contributed by atoms with Crippen molar-refractivity contribution in [3.8, 4) is 0 Å². The Morgan fingerprint density at radius 1 is 1.12 bits per heavy atom. The van der Waals surface area contributed by atoms with E-state index < -0.39 is 0 Å². The van der Waals surface area contributed by atoms with Gasteiger partial charge >= 0.3 is 0 Å². The van der Waals surface area contributed by atoms with Crippen molar-refractivity contribution in [2.45, 2.75) is 6.61 Å². The fourth-order valence-electron chi connectivity index (χ4n) is 2.14. The Balaban J connectivity index is 2.43. The van der Waals surface area contributed by atoms with Gasteiger partial charge in [-0.05, 0) is 23.1 Å². The molecule has 0 saturated carbocycles. The number of furan rings is 1. The predicted molar refractivity (Wildman–Crippen MR) is 64.4 cm³/mol. The molecule has 3 rings (SSSR count). The lowest BCUT2D eigenvalue weighted by molar-refractivity contribution is 0.186. The smallest absolute Gasteiger partial charge is 0.142 e. The van der Waals surface area contributed by atoms with Gasteiger partial charge < -0.3 is 9.15 Å². The maximum atomic E-state index is 5.56. The molecule has 1 heterocycles. The lowest BCUT2D eigenvalue weighted by Crippen LogP contribution is -1.88. The third-order valence-corrected chi connectivity index (χ3v) is 2.85. The van der Waals surface area contributed by atoms with E-state index in [9.17, 15) is 0 Å². The fourth-order valence-corrected chi connectivity index (χ4v) is 2.14. The van der Waals surface area contributed by atoms with Gasteiger partial charge in [-0.3, -0.25) is 0 Å². The Hall–Kier alpha value is -1.80. The highest BCUT2D eigenvalue weighted by Gasteiger charge is 2.08. The van der Waals surface area contributed by atoms with E-state index in [2.05, 4.69) is 18.2 Å². The largest absolute Gasteiger partial charge is 0.464 e.